The summed E-state index contributed by atoms with van der Waals surface area (Å²) in [6.45, 7) is 4.03. The molecule has 0 aromatic heterocycles. The Morgan fingerprint density at radius 1 is 0.710 bits per heavy atom. The van der Waals surface area contributed by atoms with Crippen LogP contribution in [-0.4, -0.2) is 25.1 Å². The van der Waals surface area contributed by atoms with Gasteiger partial charge in [0, 0.05) is 27.8 Å². The van der Waals surface area contributed by atoms with Crippen LogP contribution in [0.2, 0.25) is 0 Å². The number of carbonyl (C=O) groups excluding carboxylic acids is 1. The Balaban J connectivity index is 1.98. The van der Waals surface area contributed by atoms with Gasteiger partial charge in [-0.2, -0.15) is 0 Å². The van der Waals surface area contributed by atoms with Gasteiger partial charge in [-0.3, -0.25) is 4.79 Å². The van der Waals surface area contributed by atoms with Crippen molar-refractivity contribution in [2.24, 2.45) is 0 Å². The molecule has 0 heterocycles. The molecule has 0 fully saturated rings. The van der Waals surface area contributed by atoms with E-state index in [4.69, 9.17) is 9.47 Å². The van der Waals surface area contributed by atoms with Crippen LogP contribution >= 0.6 is 0 Å². The molecule has 0 saturated heterocycles. The molecule has 3 aromatic rings. The molecule has 0 unspecified atom stereocenters. The summed E-state index contributed by atoms with van der Waals surface area (Å²) in [4.78, 5) is 13.9. The fourth-order valence-electron chi connectivity index (χ4n) is 4.74. The maximum atomic E-state index is 13.9. The van der Waals surface area contributed by atoms with Gasteiger partial charge in [0.1, 0.15) is 17.3 Å². The van der Waals surface area contributed by atoms with Crippen LogP contribution in [0.1, 0.15) is 43.7 Å². The lowest BCUT2D eigenvalue weighted by molar-refractivity contribution is 0.103. The molecule has 1 N–H and O–H groups in total. The van der Waals surface area contributed by atoms with Crippen molar-refractivity contribution in [2.45, 2.75) is 13.8 Å². The number of hydrogen-bond donors (Lipinski definition) is 1. The van der Waals surface area contributed by atoms with E-state index in [1.165, 1.54) is 7.11 Å². The molecular weight excluding hydrogens is 388 g/mol. The zero-order chi connectivity index (χ0) is 21.9. The first kappa shape index (κ1) is 19.2. The normalized spacial score (nSPS) is 14.4. The maximum absolute atomic E-state index is 13.9. The number of rotatable bonds is 3. The van der Waals surface area contributed by atoms with Gasteiger partial charge in [-0.1, -0.05) is 42.5 Å². The third-order valence-corrected chi connectivity index (χ3v) is 6.09. The fraction of sp³-hybridized carbons (Fsp3) is 0.148. The lowest BCUT2D eigenvalue weighted by Crippen LogP contribution is -2.16. The van der Waals surface area contributed by atoms with E-state index in [0.717, 1.165) is 33.4 Å². The first-order chi connectivity index (χ1) is 15.0. The largest absolute Gasteiger partial charge is 0.507 e. The van der Waals surface area contributed by atoms with Gasteiger partial charge in [-0.05, 0) is 48.2 Å². The molecule has 31 heavy (non-hydrogen) atoms. The standard InChI is InChI=1S/C27H22O4/c1-14-12-18-21(16-9-6-5-8-15(16)2)24-25(22(18)20(13-14)31-4)26(28)17-10-7-11-19(30-3)23(17)27(24)29/h5-13,28H,1-4H3. The summed E-state index contributed by atoms with van der Waals surface area (Å²) >= 11 is 0. The molecule has 0 bridgehead atoms. The van der Waals surface area contributed by atoms with Crippen LogP contribution in [0.25, 0.3) is 16.9 Å². The zero-order valence-electron chi connectivity index (χ0n) is 17.9. The van der Waals surface area contributed by atoms with Crippen molar-refractivity contribution in [3.8, 4) is 11.5 Å². The Kier molecular flexibility index (Phi) is 4.26. The van der Waals surface area contributed by atoms with E-state index in [1.807, 2.05) is 44.2 Å². The molecule has 154 valence electrons. The van der Waals surface area contributed by atoms with E-state index >= 15 is 0 Å². The van der Waals surface area contributed by atoms with Gasteiger partial charge < -0.3 is 14.6 Å². The van der Waals surface area contributed by atoms with Crippen molar-refractivity contribution in [1.82, 2.24) is 0 Å². The highest BCUT2D eigenvalue weighted by molar-refractivity contribution is 6.35. The Morgan fingerprint density at radius 3 is 2.13 bits per heavy atom. The molecule has 0 amide bonds. The van der Waals surface area contributed by atoms with E-state index in [1.54, 1.807) is 25.3 Å². The first-order valence-corrected chi connectivity index (χ1v) is 10.1. The predicted octanol–water partition coefficient (Wildman–Crippen LogP) is 5.76. The van der Waals surface area contributed by atoms with Gasteiger partial charge in [-0.15, -0.1) is 0 Å². The molecule has 2 aliphatic rings. The minimum atomic E-state index is -0.158. The molecule has 4 heteroatoms. The van der Waals surface area contributed by atoms with Crippen LogP contribution in [0, 0.1) is 13.8 Å². The second-order valence-electron chi connectivity index (χ2n) is 7.89. The van der Waals surface area contributed by atoms with E-state index in [2.05, 4.69) is 6.07 Å². The number of fused-ring (bicyclic) bond motifs is 4. The Bertz CT molecular complexity index is 1340. The monoisotopic (exact) mass is 410 g/mol. The number of aryl methyl sites for hydroxylation is 2. The predicted molar refractivity (Wildman–Crippen MR) is 122 cm³/mol. The fourth-order valence-corrected chi connectivity index (χ4v) is 4.74. The van der Waals surface area contributed by atoms with Crippen LogP contribution in [0.15, 0.2) is 60.2 Å². The lowest BCUT2D eigenvalue weighted by atomic mass is 9.83. The third-order valence-electron chi connectivity index (χ3n) is 6.09. The minimum Gasteiger partial charge on any atom is -0.507 e. The number of carbonyl (C=O) groups is 1. The van der Waals surface area contributed by atoms with Gasteiger partial charge in [0.2, 0.25) is 0 Å². The van der Waals surface area contributed by atoms with Crippen molar-refractivity contribution in [2.75, 3.05) is 14.2 Å². The van der Waals surface area contributed by atoms with Crippen LogP contribution in [-0.2, 0) is 0 Å². The van der Waals surface area contributed by atoms with Crippen LogP contribution < -0.4 is 9.47 Å². The van der Waals surface area contributed by atoms with Gasteiger partial charge in [0.15, 0.2) is 5.78 Å². The second kappa shape index (κ2) is 6.88. The van der Waals surface area contributed by atoms with E-state index in [-0.39, 0.29) is 11.5 Å². The highest BCUT2D eigenvalue weighted by Gasteiger charge is 2.42. The molecule has 0 radical (unpaired) electrons. The molecule has 5 rings (SSSR count). The molecule has 2 aliphatic carbocycles. The number of hydrogen-bond acceptors (Lipinski definition) is 4. The summed E-state index contributed by atoms with van der Waals surface area (Å²) in [5.41, 5.74) is 7.36. The van der Waals surface area contributed by atoms with Crippen molar-refractivity contribution >= 4 is 22.7 Å². The van der Waals surface area contributed by atoms with Crippen LogP contribution in [0.3, 0.4) is 0 Å². The van der Waals surface area contributed by atoms with Crippen LogP contribution in [0.4, 0.5) is 0 Å². The SMILES string of the molecule is COc1cccc2c1C(=O)C1=C(c3ccccc3C)c3cc(C)cc(OC)c3C1=C2O. The molecule has 0 spiro atoms. The van der Waals surface area contributed by atoms with Gasteiger partial charge >= 0.3 is 0 Å². The summed E-state index contributed by atoms with van der Waals surface area (Å²) in [6, 6.07) is 17.2. The minimum absolute atomic E-state index is 0.0653. The molecule has 3 aromatic carbocycles. The maximum Gasteiger partial charge on any atom is 0.198 e. The summed E-state index contributed by atoms with van der Waals surface area (Å²) in [6.07, 6.45) is 0. The number of allylic oxidation sites excluding steroid dienone is 2. The number of Topliss-reactive ketones (excluding diaryl/α,β-unsaturated/α-hetero) is 1. The molecular formula is C27H22O4. The van der Waals surface area contributed by atoms with Crippen molar-refractivity contribution in [1.29, 1.82) is 0 Å². The Labute approximate surface area is 181 Å². The van der Waals surface area contributed by atoms with E-state index in [9.17, 15) is 9.90 Å². The molecule has 0 saturated carbocycles. The highest BCUT2D eigenvalue weighted by atomic mass is 16.5. The quantitative estimate of drug-likeness (QED) is 0.597. The number of ketones is 1. The Hall–Kier alpha value is -3.79. The van der Waals surface area contributed by atoms with Crippen molar-refractivity contribution in [3.05, 3.63) is 99.1 Å². The van der Waals surface area contributed by atoms with Gasteiger partial charge in [0.05, 0.1) is 19.8 Å². The average Bonchev–Trinajstić information content (AvgIpc) is 3.11. The first-order valence-electron chi connectivity index (χ1n) is 10.1. The number of benzene rings is 3. The van der Waals surface area contributed by atoms with Crippen molar-refractivity contribution in [3.63, 3.8) is 0 Å². The van der Waals surface area contributed by atoms with E-state index < -0.39 is 0 Å². The average molecular weight is 410 g/mol. The summed E-state index contributed by atoms with van der Waals surface area (Å²) in [5, 5.41) is 11.4. The smallest absolute Gasteiger partial charge is 0.198 e. The lowest BCUT2D eigenvalue weighted by Gasteiger charge is -2.22. The second-order valence-corrected chi connectivity index (χ2v) is 7.89. The zero-order valence-corrected chi connectivity index (χ0v) is 17.9. The number of aliphatic hydroxyl groups is 1. The van der Waals surface area contributed by atoms with Gasteiger partial charge in [-0.25, -0.2) is 0 Å². The summed E-state index contributed by atoms with van der Waals surface area (Å²) < 4.78 is 11.2. The number of aliphatic hydroxyl groups excluding tert-OH is 1. The Morgan fingerprint density at radius 2 is 1.42 bits per heavy atom. The van der Waals surface area contributed by atoms with Crippen LogP contribution in [0.5, 0.6) is 11.5 Å². The highest BCUT2D eigenvalue weighted by Crippen LogP contribution is 2.55. The topological polar surface area (TPSA) is 55.8 Å². The molecule has 0 atom stereocenters. The summed E-state index contributed by atoms with van der Waals surface area (Å²) in [7, 11) is 3.14. The number of ether oxygens (including phenoxy) is 2. The molecule has 4 nitrogen and oxygen atoms in total. The third kappa shape index (κ3) is 2.58. The van der Waals surface area contributed by atoms with Gasteiger partial charge in [0.25, 0.3) is 0 Å². The summed E-state index contributed by atoms with van der Waals surface area (Å²) in [5.74, 6) is 0.991. The van der Waals surface area contributed by atoms with Crippen molar-refractivity contribution < 1.29 is 19.4 Å². The molecule has 0 aliphatic heterocycles. The number of methoxy groups -OCH3 is 2. The van der Waals surface area contributed by atoms with E-state index in [0.29, 0.717) is 33.8 Å².